The van der Waals surface area contributed by atoms with Gasteiger partial charge in [-0.1, -0.05) is 19.1 Å². The first kappa shape index (κ1) is 17.9. The van der Waals surface area contributed by atoms with Gasteiger partial charge in [0.25, 0.3) is 0 Å². The van der Waals surface area contributed by atoms with Gasteiger partial charge in [0.05, 0.1) is 5.69 Å². The van der Waals surface area contributed by atoms with Crippen molar-refractivity contribution in [3.8, 4) is 0 Å². The van der Waals surface area contributed by atoms with Gasteiger partial charge in [0.15, 0.2) is 0 Å². The molecule has 0 bridgehead atoms. The summed E-state index contributed by atoms with van der Waals surface area (Å²) in [5, 5.41) is 3.22. The quantitative estimate of drug-likeness (QED) is 0.707. The lowest BCUT2D eigenvalue weighted by atomic mass is 10.3. The molecule has 0 aliphatic heterocycles. The maximum atomic E-state index is 13.7. The number of halogens is 1. The predicted molar refractivity (Wildman–Crippen MR) is 84.1 cm³/mol. The van der Waals surface area contributed by atoms with Crippen molar-refractivity contribution >= 4 is 15.9 Å². The number of hydrogen-bond acceptors (Lipinski definition) is 3. The minimum Gasteiger partial charge on any atom is -0.317 e. The Morgan fingerprint density at radius 1 is 1.19 bits per heavy atom. The van der Waals surface area contributed by atoms with E-state index < -0.39 is 16.0 Å². The molecule has 0 saturated carbocycles. The molecule has 0 radical (unpaired) electrons. The molecule has 21 heavy (non-hydrogen) atoms. The molecule has 1 N–H and O–H groups in total. The molecule has 0 unspecified atom stereocenters. The minimum atomic E-state index is -3.71. The van der Waals surface area contributed by atoms with Crippen LogP contribution in [-0.2, 0) is 10.2 Å². The van der Waals surface area contributed by atoms with Gasteiger partial charge in [-0.25, -0.2) is 4.39 Å². The Balaban J connectivity index is 2.65. The Morgan fingerprint density at radius 2 is 1.86 bits per heavy atom. The lowest BCUT2D eigenvalue weighted by molar-refractivity contribution is 0.452. The first-order valence-corrected chi connectivity index (χ1v) is 8.46. The highest BCUT2D eigenvalue weighted by Crippen LogP contribution is 2.21. The molecule has 0 heterocycles. The van der Waals surface area contributed by atoms with Crippen molar-refractivity contribution in [3.05, 3.63) is 30.1 Å². The molecule has 0 spiro atoms. The fourth-order valence-corrected chi connectivity index (χ4v) is 3.06. The van der Waals surface area contributed by atoms with Crippen LogP contribution in [0.1, 0.15) is 19.8 Å². The fourth-order valence-electron chi connectivity index (χ4n) is 1.88. The third-order valence-corrected chi connectivity index (χ3v) is 5.04. The Bertz CT molecular complexity index is 537. The molecule has 0 aromatic heterocycles. The van der Waals surface area contributed by atoms with Gasteiger partial charge < -0.3 is 5.32 Å². The molecule has 1 aromatic carbocycles. The summed E-state index contributed by atoms with van der Waals surface area (Å²) in [6.07, 6.45) is 1.75. The van der Waals surface area contributed by atoms with E-state index in [1.165, 1.54) is 36.6 Å². The molecular formula is C14H24FN3O2S. The average molecular weight is 317 g/mol. The predicted octanol–water partition coefficient (Wildman–Crippen LogP) is 1.83. The molecule has 0 aliphatic rings. The van der Waals surface area contributed by atoms with Crippen LogP contribution in [0.25, 0.3) is 0 Å². The van der Waals surface area contributed by atoms with E-state index in [4.69, 9.17) is 0 Å². The van der Waals surface area contributed by atoms with Crippen LogP contribution >= 0.6 is 0 Å². The second-order valence-electron chi connectivity index (χ2n) is 4.85. The van der Waals surface area contributed by atoms with Crippen molar-refractivity contribution in [2.24, 2.45) is 0 Å². The smallest absolute Gasteiger partial charge is 0.303 e. The summed E-state index contributed by atoms with van der Waals surface area (Å²) in [6, 6.07) is 5.83. The summed E-state index contributed by atoms with van der Waals surface area (Å²) in [4.78, 5) is 0. The number of benzene rings is 1. The highest BCUT2D eigenvalue weighted by molar-refractivity contribution is 7.90. The Labute approximate surface area is 126 Å². The zero-order valence-corrected chi connectivity index (χ0v) is 13.7. The summed E-state index contributed by atoms with van der Waals surface area (Å²) in [6.45, 7) is 4.15. The summed E-state index contributed by atoms with van der Waals surface area (Å²) >= 11 is 0. The molecule has 7 heteroatoms. The molecule has 0 fully saturated rings. The van der Waals surface area contributed by atoms with Crippen molar-refractivity contribution in [1.82, 2.24) is 9.62 Å². The van der Waals surface area contributed by atoms with Crippen molar-refractivity contribution in [2.45, 2.75) is 19.8 Å². The molecule has 120 valence electrons. The van der Waals surface area contributed by atoms with E-state index in [-0.39, 0.29) is 5.69 Å². The van der Waals surface area contributed by atoms with Gasteiger partial charge in [0.2, 0.25) is 0 Å². The van der Waals surface area contributed by atoms with Gasteiger partial charge in [-0.3, -0.25) is 4.31 Å². The number of hydrogen-bond donors (Lipinski definition) is 1. The molecule has 0 amide bonds. The topological polar surface area (TPSA) is 52.7 Å². The van der Waals surface area contributed by atoms with Crippen molar-refractivity contribution in [1.29, 1.82) is 0 Å². The first-order chi connectivity index (χ1) is 9.91. The Morgan fingerprint density at radius 3 is 2.48 bits per heavy atom. The van der Waals surface area contributed by atoms with E-state index in [1.54, 1.807) is 6.07 Å². The zero-order chi connectivity index (χ0) is 15.9. The zero-order valence-electron chi connectivity index (χ0n) is 12.8. The van der Waals surface area contributed by atoms with Gasteiger partial charge >= 0.3 is 10.2 Å². The number of rotatable bonds is 9. The summed E-state index contributed by atoms with van der Waals surface area (Å²) in [5.41, 5.74) is 0.0495. The molecule has 0 aliphatic carbocycles. The lowest BCUT2D eigenvalue weighted by Gasteiger charge is -2.26. The lowest BCUT2D eigenvalue weighted by Crippen LogP contribution is -2.41. The molecule has 1 aromatic rings. The van der Waals surface area contributed by atoms with Crippen LogP contribution in [0.4, 0.5) is 10.1 Å². The van der Waals surface area contributed by atoms with E-state index in [1.807, 2.05) is 0 Å². The highest BCUT2D eigenvalue weighted by atomic mass is 32.2. The molecule has 0 atom stereocenters. The van der Waals surface area contributed by atoms with Crippen LogP contribution < -0.4 is 9.62 Å². The van der Waals surface area contributed by atoms with Crippen LogP contribution in [-0.4, -0.2) is 46.5 Å². The van der Waals surface area contributed by atoms with E-state index in [2.05, 4.69) is 12.2 Å². The van der Waals surface area contributed by atoms with Crippen LogP contribution in [0.5, 0.6) is 0 Å². The minimum absolute atomic E-state index is 0.0495. The SMILES string of the molecule is CCCNCCCN(C)S(=O)(=O)N(C)c1ccccc1F. The summed E-state index contributed by atoms with van der Waals surface area (Å²) < 4.78 is 40.6. The highest BCUT2D eigenvalue weighted by Gasteiger charge is 2.25. The fraction of sp³-hybridized carbons (Fsp3) is 0.571. The van der Waals surface area contributed by atoms with E-state index in [9.17, 15) is 12.8 Å². The van der Waals surface area contributed by atoms with Crippen molar-refractivity contribution in [3.63, 3.8) is 0 Å². The van der Waals surface area contributed by atoms with Crippen LogP contribution in [0.3, 0.4) is 0 Å². The molecule has 0 saturated heterocycles. The van der Waals surface area contributed by atoms with E-state index >= 15 is 0 Å². The number of nitrogens with zero attached hydrogens (tertiary/aromatic N) is 2. The van der Waals surface area contributed by atoms with E-state index in [0.29, 0.717) is 13.0 Å². The average Bonchev–Trinajstić information content (AvgIpc) is 2.46. The number of para-hydroxylation sites is 1. The Kier molecular flexibility index (Phi) is 7.07. The van der Waals surface area contributed by atoms with Crippen LogP contribution in [0.15, 0.2) is 24.3 Å². The van der Waals surface area contributed by atoms with Crippen LogP contribution in [0.2, 0.25) is 0 Å². The van der Waals surface area contributed by atoms with Gasteiger partial charge in [-0.05, 0) is 38.1 Å². The second kappa shape index (κ2) is 8.31. The summed E-state index contributed by atoms with van der Waals surface area (Å²) in [7, 11) is -0.841. The van der Waals surface area contributed by atoms with Gasteiger partial charge in [0, 0.05) is 20.6 Å². The molecule has 5 nitrogen and oxygen atoms in total. The van der Waals surface area contributed by atoms with Gasteiger partial charge in [-0.2, -0.15) is 12.7 Å². The van der Waals surface area contributed by atoms with E-state index in [0.717, 1.165) is 23.8 Å². The second-order valence-corrected chi connectivity index (χ2v) is 6.92. The summed E-state index contributed by atoms with van der Waals surface area (Å²) in [5.74, 6) is -0.554. The van der Waals surface area contributed by atoms with Crippen LogP contribution in [0, 0.1) is 5.82 Å². The third-order valence-electron chi connectivity index (χ3n) is 3.18. The van der Waals surface area contributed by atoms with Gasteiger partial charge in [-0.15, -0.1) is 0 Å². The Hall–Kier alpha value is -1.18. The van der Waals surface area contributed by atoms with Crippen molar-refractivity contribution < 1.29 is 12.8 Å². The normalized spacial score (nSPS) is 11.9. The van der Waals surface area contributed by atoms with Gasteiger partial charge in [0.1, 0.15) is 5.82 Å². The maximum Gasteiger partial charge on any atom is 0.303 e. The standard InChI is InChI=1S/C14H24FN3O2S/c1-4-10-16-11-7-12-17(2)21(19,20)18(3)14-9-6-5-8-13(14)15/h5-6,8-9,16H,4,7,10-12H2,1-3H3. The monoisotopic (exact) mass is 317 g/mol. The number of anilines is 1. The van der Waals surface area contributed by atoms with Crippen molar-refractivity contribution in [2.75, 3.05) is 38.0 Å². The molecular weight excluding hydrogens is 293 g/mol. The third kappa shape index (κ3) is 4.94. The molecule has 1 rings (SSSR count). The maximum absolute atomic E-state index is 13.7. The first-order valence-electron chi connectivity index (χ1n) is 7.06. The largest absolute Gasteiger partial charge is 0.317 e. The number of nitrogens with one attached hydrogen (secondary N) is 1.